The maximum absolute atomic E-state index is 12.5. The van der Waals surface area contributed by atoms with E-state index >= 15 is 0 Å². The van der Waals surface area contributed by atoms with Gasteiger partial charge in [-0.3, -0.25) is 9.59 Å². The quantitative estimate of drug-likeness (QED) is 0.735. The van der Waals surface area contributed by atoms with E-state index in [2.05, 4.69) is 5.32 Å². The molecule has 1 fully saturated rings. The molecule has 7 heteroatoms. The van der Waals surface area contributed by atoms with Crippen LogP contribution in [0.2, 0.25) is 0 Å². The molecule has 0 spiro atoms. The highest BCUT2D eigenvalue weighted by molar-refractivity contribution is 5.88. The zero-order valence-corrected chi connectivity index (χ0v) is 15.2. The summed E-state index contributed by atoms with van der Waals surface area (Å²) in [6, 6.07) is 6.33. The summed E-state index contributed by atoms with van der Waals surface area (Å²) in [6.07, 6.45) is 3.96. The third-order valence-corrected chi connectivity index (χ3v) is 4.54. The van der Waals surface area contributed by atoms with Gasteiger partial charge in [0.25, 0.3) is 0 Å². The summed E-state index contributed by atoms with van der Waals surface area (Å²) < 4.78 is 5.08. The van der Waals surface area contributed by atoms with Crippen LogP contribution in [0, 0.1) is 5.92 Å². The van der Waals surface area contributed by atoms with Gasteiger partial charge in [-0.25, -0.2) is 4.79 Å². The molecule has 1 aromatic carbocycles. The molecule has 0 heterocycles. The van der Waals surface area contributed by atoms with Crippen molar-refractivity contribution in [3.8, 4) is 5.75 Å². The third-order valence-electron chi connectivity index (χ3n) is 4.54. The largest absolute Gasteiger partial charge is 0.482 e. The highest BCUT2D eigenvalue weighted by Gasteiger charge is 2.26. The zero-order chi connectivity index (χ0) is 19.1. The summed E-state index contributed by atoms with van der Waals surface area (Å²) in [6.45, 7) is 1.70. The Morgan fingerprint density at radius 1 is 1.23 bits per heavy atom. The van der Waals surface area contributed by atoms with E-state index in [0.717, 1.165) is 31.2 Å². The highest BCUT2D eigenvalue weighted by Crippen LogP contribution is 2.24. The van der Waals surface area contributed by atoms with Crippen molar-refractivity contribution in [2.75, 3.05) is 13.7 Å². The second-order valence-electron chi connectivity index (χ2n) is 6.73. The molecule has 0 aromatic heterocycles. The predicted octanol–water partition coefficient (Wildman–Crippen LogP) is 1.80. The summed E-state index contributed by atoms with van der Waals surface area (Å²) in [7, 11) is 1.69. The SMILES string of the molecule is CC(NC(=O)C1CCCC1)C(=O)N(C)Cc1ccc(OCC(=O)O)cc1. The number of carboxylic acid groups (broad SMARTS) is 1. The number of hydrogen-bond acceptors (Lipinski definition) is 4. The van der Waals surface area contributed by atoms with Crippen molar-refractivity contribution in [1.29, 1.82) is 0 Å². The predicted molar refractivity (Wildman–Crippen MR) is 95.6 cm³/mol. The fourth-order valence-corrected chi connectivity index (χ4v) is 3.10. The van der Waals surface area contributed by atoms with Gasteiger partial charge in [-0.2, -0.15) is 0 Å². The number of carbonyl (C=O) groups is 3. The van der Waals surface area contributed by atoms with Crippen LogP contribution in [0.3, 0.4) is 0 Å². The average molecular weight is 362 g/mol. The van der Waals surface area contributed by atoms with Gasteiger partial charge in [0.05, 0.1) is 0 Å². The maximum atomic E-state index is 12.5. The first-order chi connectivity index (χ1) is 12.4. The lowest BCUT2D eigenvalue weighted by atomic mass is 10.1. The fourth-order valence-electron chi connectivity index (χ4n) is 3.10. The minimum atomic E-state index is -1.03. The number of carboxylic acids is 1. The molecule has 1 aliphatic rings. The topological polar surface area (TPSA) is 95.9 Å². The van der Waals surface area contributed by atoms with E-state index in [-0.39, 0.29) is 17.7 Å². The summed E-state index contributed by atoms with van der Waals surface area (Å²) in [5.41, 5.74) is 0.887. The van der Waals surface area contributed by atoms with E-state index in [1.807, 2.05) is 0 Å². The molecule has 1 aromatic rings. The number of nitrogens with one attached hydrogen (secondary N) is 1. The van der Waals surface area contributed by atoms with Crippen LogP contribution >= 0.6 is 0 Å². The van der Waals surface area contributed by atoms with Crippen molar-refractivity contribution >= 4 is 17.8 Å². The first-order valence-electron chi connectivity index (χ1n) is 8.85. The van der Waals surface area contributed by atoms with Crippen LogP contribution in [-0.4, -0.2) is 47.5 Å². The Morgan fingerprint density at radius 3 is 2.42 bits per heavy atom. The van der Waals surface area contributed by atoms with E-state index in [1.165, 1.54) is 0 Å². The summed E-state index contributed by atoms with van der Waals surface area (Å²) >= 11 is 0. The highest BCUT2D eigenvalue weighted by atomic mass is 16.5. The van der Waals surface area contributed by atoms with E-state index in [1.54, 1.807) is 43.1 Å². The molecule has 0 saturated heterocycles. The van der Waals surface area contributed by atoms with Gasteiger partial charge < -0.3 is 20.1 Å². The molecule has 0 bridgehead atoms. The number of benzene rings is 1. The molecule has 2 amide bonds. The van der Waals surface area contributed by atoms with Crippen LogP contribution in [0.25, 0.3) is 0 Å². The number of nitrogens with zero attached hydrogens (tertiary/aromatic N) is 1. The second kappa shape index (κ2) is 9.22. The molecule has 0 radical (unpaired) electrons. The Balaban J connectivity index is 1.83. The lowest BCUT2D eigenvalue weighted by molar-refractivity contribution is -0.139. The summed E-state index contributed by atoms with van der Waals surface area (Å²) in [4.78, 5) is 36.7. The molecule has 1 aliphatic carbocycles. The van der Waals surface area contributed by atoms with Gasteiger partial charge in [-0.15, -0.1) is 0 Å². The molecule has 7 nitrogen and oxygen atoms in total. The Hall–Kier alpha value is -2.57. The van der Waals surface area contributed by atoms with Gasteiger partial charge in [-0.05, 0) is 37.5 Å². The molecule has 26 heavy (non-hydrogen) atoms. The minimum Gasteiger partial charge on any atom is -0.482 e. The van der Waals surface area contributed by atoms with Crippen LogP contribution in [0.4, 0.5) is 0 Å². The Kier molecular flexibility index (Phi) is 7.00. The Bertz CT molecular complexity index is 638. The van der Waals surface area contributed by atoms with Gasteiger partial charge >= 0.3 is 5.97 Å². The van der Waals surface area contributed by atoms with Crippen molar-refractivity contribution in [2.45, 2.75) is 45.2 Å². The molecule has 1 atom stereocenters. The molecule has 0 aliphatic heterocycles. The van der Waals surface area contributed by atoms with Crippen molar-refractivity contribution in [3.05, 3.63) is 29.8 Å². The fraction of sp³-hybridized carbons (Fsp3) is 0.526. The number of ether oxygens (including phenoxy) is 1. The maximum Gasteiger partial charge on any atom is 0.341 e. The first-order valence-corrected chi connectivity index (χ1v) is 8.85. The standard InChI is InChI=1S/C19H26N2O5/c1-13(20-18(24)15-5-3-4-6-15)19(25)21(2)11-14-7-9-16(10-8-14)26-12-17(22)23/h7-10,13,15H,3-6,11-12H2,1-2H3,(H,20,24)(H,22,23). The van der Waals surface area contributed by atoms with Gasteiger partial charge in [0, 0.05) is 19.5 Å². The molecule has 2 N–H and O–H groups in total. The monoisotopic (exact) mass is 362 g/mol. The van der Waals surface area contributed by atoms with Crippen LogP contribution in [-0.2, 0) is 20.9 Å². The lowest BCUT2D eigenvalue weighted by Gasteiger charge is -2.23. The molecule has 2 rings (SSSR count). The molecular weight excluding hydrogens is 336 g/mol. The molecular formula is C19H26N2O5. The van der Waals surface area contributed by atoms with Crippen molar-refractivity contribution < 1.29 is 24.2 Å². The van der Waals surface area contributed by atoms with Crippen LogP contribution in [0.1, 0.15) is 38.2 Å². The van der Waals surface area contributed by atoms with Gasteiger partial charge in [0.15, 0.2) is 6.61 Å². The number of rotatable bonds is 8. The molecule has 1 saturated carbocycles. The van der Waals surface area contributed by atoms with Crippen LogP contribution in [0.15, 0.2) is 24.3 Å². The van der Waals surface area contributed by atoms with Crippen molar-refractivity contribution in [1.82, 2.24) is 10.2 Å². The molecule has 1 unspecified atom stereocenters. The summed E-state index contributed by atoms with van der Waals surface area (Å²) in [5.74, 6) is -0.719. The van der Waals surface area contributed by atoms with Crippen LogP contribution < -0.4 is 10.1 Å². The van der Waals surface area contributed by atoms with Gasteiger partial charge in [0.1, 0.15) is 11.8 Å². The summed E-state index contributed by atoms with van der Waals surface area (Å²) in [5, 5.41) is 11.4. The van der Waals surface area contributed by atoms with E-state index in [4.69, 9.17) is 9.84 Å². The van der Waals surface area contributed by atoms with E-state index in [0.29, 0.717) is 12.3 Å². The second-order valence-corrected chi connectivity index (χ2v) is 6.73. The number of amides is 2. The Morgan fingerprint density at radius 2 is 1.85 bits per heavy atom. The van der Waals surface area contributed by atoms with Crippen molar-refractivity contribution in [3.63, 3.8) is 0 Å². The third kappa shape index (κ3) is 5.75. The lowest BCUT2D eigenvalue weighted by Crippen LogP contribution is -2.46. The Labute approximate surface area is 153 Å². The smallest absolute Gasteiger partial charge is 0.341 e. The van der Waals surface area contributed by atoms with E-state index < -0.39 is 18.6 Å². The number of hydrogen-bond donors (Lipinski definition) is 2. The number of aliphatic carboxylic acids is 1. The molecule has 142 valence electrons. The average Bonchev–Trinajstić information content (AvgIpc) is 3.15. The zero-order valence-electron chi connectivity index (χ0n) is 15.2. The number of likely N-dealkylation sites (N-methyl/N-ethyl adjacent to an activating group) is 1. The van der Waals surface area contributed by atoms with Crippen molar-refractivity contribution in [2.24, 2.45) is 5.92 Å². The van der Waals surface area contributed by atoms with Gasteiger partial charge in [-0.1, -0.05) is 25.0 Å². The van der Waals surface area contributed by atoms with E-state index in [9.17, 15) is 14.4 Å². The van der Waals surface area contributed by atoms with Crippen LogP contribution in [0.5, 0.6) is 5.75 Å². The normalized spacial score (nSPS) is 15.3. The number of carbonyl (C=O) groups excluding carboxylic acids is 2. The first kappa shape index (κ1) is 19.8. The minimum absolute atomic E-state index is 0.0308. The van der Waals surface area contributed by atoms with Gasteiger partial charge in [0.2, 0.25) is 11.8 Å².